The van der Waals surface area contributed by atoms with Crippen LogP contribution < -0.4 is 15.6 Å². The lowest BCUT2D eigenvalue weighted by Crippen LogP contribution is -2.27. The predicted octanol–water partition coefficient (Wildman–Crippen LogP) is 2.77. The number of ether oxygens (including phenoxy) is 2. The summed E-state index contributed by atoms with van der Waals surface area (Å²) in [6, 6.07) is 7.76. The van der Waals surface area contributed by atoms with Crippen molar-refractivity contribution in [1.82, 2.24) is 9.88 Å². The first-order chi connectivity index (χ1) is 12.7. The van der Waals surface area contributed by atoms with Crippen molar-refractivity contribution in [3.05, 3.63) is 58.5 Å². The van der Waals surface area contributed by atoms with Crippen molar-refractivity contribution in [2.24, 2.45) is 0 Å². The molecule has 0 spiro atoms. The number of hydrogen-bond donors (Lipinski definition) is 2. The summed E-state index contributed by atoms with van der Waals surface area (Å²) in [7, 11) is 0. The van der Waals surface area contributed by atoms with Gasteiger partial charge in [0.15, 0.2) is 5.75 Å². The average Bonchev–Trinajstić information content (AvgIpc) is 2.60. The second-order valence-corrected chi connectivity index (χ2v) is 5.44. The van der Waals surface area contributed by atoms with Crippen LogP contribution in [0.1, 0.15) is 12.0 Å². The Balaban J connectivity index is 1.69. The molecule has 0 atom stereocenters. The first kappa shape index (κ1) is 20.1. The molecule has 1 aromatic heterocycles. The van der Waals surface area contributed by atoms with Crippen LogP contribution in [0.15, 0.2) is 47.4 Å². The highest BCUT2D eigenvalue weighted by Crippen LogP contribution is 2.22. The monoisotopic (exact) mass is 386 g/mol. The summed E-state index contributed by atoms with van der Waals surface area (Å²) >= 11 is 0. The van der Waals surface area contributed by atoms with Gasteiger partial charge in [0.2, 0.25) is 0 Å². The van der Waals surface area contributed by atoms with Crippen molar-refractivity contribution in [2.45, 2.75) is 25.9 Å². The minimum atomic E-state index is -4.76. The number of hydrogen-bond acceptors (Lipinski definition) is 5. The van der Waals surface area contributed by atoms with Crippen LogP contribution in [0, 0.1) is 0 Å². The van der Waals surface area contributed by atoms with E-state index in [0.29, 0.717) is 18.5 Å². The Morgan fingerprint density at radius 2 is 1.89 bits per heavy atom. The van der Waals surface area contributed by atoms with Crippen molar-refractivity contribution >= 4 is 6.09 Å². The Morgan fingerprint density at radius 1 is 1.19 bits per heavy atom. The minimum Gasteiger partial charge on any atom is -0.503 e. The van der Waals surface area contributed by atoms with Gasteiger partial charge in [0.25, 0.3) is 5.56 Å². The van der Waals surface area contributed by atoms with E-state index in [9.17, 15) is 27.9 Å². The normalized spacial score (nSPS) is 11.1. The number of rotatable bonds is 7. The summed E-state index contributed by atoms with van der Waals surface area (Å²) in [4.78, 5) is 23.2. The smallest absolute Gasteiger partial charge is 0.503 e. The fourth-order valence-corrected chi connectivity index (χ4v) is 2.13. The minimum absolute atomic E-state index is 0.121. The van der Waals surface area contributed by atoms with Gasteiger partial charge in [-0.1, -0.05) is 12.1 Å². The molecule has 1 aromatic carbocycles. The number of aromatic nitrogens is 1. The second-order valence-electron chi connectivity index (χ2n) is 5.44. The van der Waals surface area contributed by atoms with E-state index in [1.807, 2.05) is 0 Å². The molecule has 0 aliphatic carbocycles. The summed E-state index contributed by atoms with van der Waals surface area (Å²) in [5.41, 5.74) is -0.0241. The highest BCUT2D eigenvalue weighted by atomic mass is 19.4. The number of alkyl carbamates (subject to hydrolysis) is 1. The molecule has 146 valence electrons. The molecule has 2 rings (SSSR count). The maximum Gasteiger partial charge on any atom is 0.573 e. The molecule has 0 unspecified atom stereocenters. The van der Waals surface area contributed by atoms with Gasteiger partial charge in [-0.25, -0.2) is 4.79 Å². The molecular weight excluding hydrogens is 369 g/mol. The number of nitrogens with one attached hydrogen (secondary N) is 1. The zero-order valence-electron chi connectivity index (χ0n) is 14.0. The molecular formula is C17H17F3N2O5. The molecule has 0 fully saturated rings. The lowest BCUT2D eigenvalue weighted by Gasteiger charge is -2.10. The molecule has 0 saturated heterocycles. The molecule has 10 heteroatoms. The van der Waals surface area contributed by atoms with Gasteiger partial charge in [0.1, 0.15) is 12.4 Å². The largest absolute Gasteiger partial charge is 0.573 e. The van der Waals surface area contributed by atoms with E-state index in [-0.39, 0.29) is 24.7 Å². The Labute approximate surface area is 151 Å². The lowest BCUT2D eigenvalue weighted by molar-refractivity contribution is -0.274. The molecule has 2 N–H and O–H groups in total. The number of amides is 1. The van der Waals surface area contributed by atoms with Crippen LogP contribution in [-0.4, -0.2) is 28.7 Å². The molecule has 27 heavy (non-hydrogen) atoms. The van der Waals surface area contributed by atoms with Crippen molar-refractivity contribution < 1.29 is 32.5 Å². The third-order valence-electron chi connectivity index (χ3n) is 3.37. The molecule has 7 nitrogen and oxygen atoms in total. The summed E-state index contributed by atoms with van der Waals surface area (Å²) < 4.78 is 46.2. The molecule has 0 bridgehead atoms. The molecule has 2 aromatic rings. The van der Waals surface area contributed by atoms with Gasteiger partial charge >= 0.3 is 12.5 Å². The Morgan fingerprint density at radius 3 is 2.56 bits per heavy atom. The number of halogens is 3. The Kier molecular flexibility index (Phi) is 6.69. The molecule has 1 amide bonds. The quantitative estimate of drug-likeness (QED) is 0.715. The van der Waals surface area contributed by atoms with E-state index in [2.05, 4.69) is 10.1 Å². The number of carbonyl (C=O) groups is 1. The van der Waals surface area contributed by atoms with Crippen LogP contribution in [0.3, 0.4) is 0 Å². The summed E-state index contributed by atoms with van der Waals surface area (Å²) in [6.07, 6.45) is -3.51. The third kappa shape index (κ3) is 6.92. The van der Waals surface area contributed by atoms with Gasteiger partial charge in [0.05, 0.1) is 0 Å². The first-order valence-electron chi connectivity index (χ1n) is 7.88. The number of benzene rings is 1. The number of pyridine rings is 1. The maximum absolute atomic E-state index is 12.1. The van der Waals surface area contributed by atoms with Crippen LogP contribution in [0.4, 0.5) is 18.0 Å². The summed E-state index contributed by atoms with van der Waals surface area (Å²) in [6.45, 7) is 0.414. The number of aryl methyl sites for hydroxylation is 1. The van der Waals surface area contributed by atoms with E-state index in [1.165, 1.54) is 35.0 Å². The van der Waals surface area contributed by atoms with E-state index >= 15 is 0 Å². The van der Waals surface area contributed by atoms with E-state index in [1.54, 1.807) is 0 Å². The zero-order chi connectivity index (χ0) is 19.9. The predicted molar refractivity (Wildman–Crippen MR) is 88.3 cm³/mol. The Hall–Kier alpha value is -3.17. The van der Waals surface area contributed by atoms with Crippen LogP contribution in [0.25, 0.3) is 0 Å². The fraction of sp³-hybridized carbons (Fsp3) is 0.294. The topological polar surface area (TPSA) is 89.8 Å². The maximum atomic E-state index is 12.1. The molecule has 0 saturated carbocycles. The van der Waals surface area contributed by atoms with Gasteiger partial charge in [-0.15, -0.1) is 13.2 Å². The van der Waals surface area contributed by atoms with Gasteiger partial charge < -0.3 is 24.5 Å². The van der Waals surface area contributed by atoms with E-state index in [0.717, 1.165) is 12.1 Å². The average molecular weight is 386 g/mol. The van der Waals surface area contributed by atoms with Crippen molar-refractivity contribution in [3.8, 4) is 11.5 Å². The van der Waals surface area contributed by atoms with E-state index < -0.39 is 18.0 Å². The van der Waals surface area contributed by atoms with Gasteiger partial charge in [-0.3, -0.25) is 4.79 Å². The highest BCUT2D eigenvalue weighted by molar-refractivity contribution is 5.67. The molecule has 1 heterocycles. The van der Waals surface area contributed by atoms with Crippen LogP contribution in [-0.2, 0) is 17.9 Å². The van der Waals surface area contributed by atoms with Crippen molar-refractivity contribution in [1.29, 1.82) is 0 Å². The van der Waals surface area contributed by atoms with Crippen LogP contribution in [0.2, 0.25) is 0 Å². The summed E-state index contributed by atoms with van der Waals surface area (Å²) in [5, 5.41) is 11.8. The van der Waals surface area contributed by atoms with Crippen LogP contribution >= 0.6 is 0 Å². The van der Waals surface area contributed by atoms with Gasteiger partial charge in [0, 0.05) is 19.3 Å². The van der Waals surface area contributed by atoms with Crippen molar-refractivity contribution in [2.75, 3.05) is 6.54 Å². The number of nitrogens with zero attached hydrogens (tertiary/aromatic N) is 1. The number of aromatic hydroxyl groups is 1. The summed E-state index contributed by atoms with van der Waals surface area (Å²) in [5.74, 6) is -0.714. The molecule has 0 aliphatic rings. The zero-order valence-corrected chi connectivity index (χ0v) is 14.0. The number of alkyl halides is 3. The second kappa shape index (κ2) is 8.97. The molecule has 0 aliphatic heterocycles. The van der Waals surface area contributed by atoms with Crippen molar-refractivity contribution in [3.63, 3.8) is 0 Å². The third-order valence-corrected chi connectivity index (χ3v) is 3.37. The first-order valence-corrected chi connectivity index (χ1v) is 7.88. The van der Waals surface area contributed by atoms with Gasteiger partial charge in [-0.2, -0.15) is 0 Å². The highest BCUT2D eigenvalue weighted by Gasteiger charge is 2.30. The SMILES string of the molecule is O=C(NCCCn1cccc(O)c1=O)OCc1ccc(OC(F)(F)F)cc1. The standard InChI is InChI=1S/C17H17F3N2O5/c18-17(19,20)27-13-6-4-12(5-7-13)11-26-16(25)21-8-2-10-22-9-1-3-14(23)15(22)24/h1,3-7,9,23H,2,8,10-11H2,(H,21,25). The lowest BCUT2D eigenvalue weighted by atomic mass is 10.2. The fourth-order valence-electron chi connectivity index (χ4n) is 2.13. The number of carbonyl (C=O) groups excluding carboxylic acids is 1. The Bertz CT molecular complexity index is 819. The van der Waals surface area contributed by atoms with Gasteiger partial charge in [-0.05, 0) is 36.2 Å². The van der Waals surface area contributed by atoms with Crippen LogP contribution in [0.5, 0.6) is 11.5 Å². The molecule has 0 radical (unpaired) electrons. The van der Waals surface area contributed by atoms with E-state index in [4.69, 9.17) is 4.74 Å².